The summed E-state index contributed by atoms with van der Waals surface area (Å²) < 4.78 is 0. The molecule has 0 fully saturated rings. The van der Waals surface area contributed by atoms with Gasteiger partial charge in [0.05, 0.1) is 0 Å². The van der Waals surface area contributed by atoms with E-state index >= 15 is 0 Å². The summed E-state index contributed by atoms with van der Waals surface area (Å²) >= 11 is 0. The van der Waals surface area contributed by atoms with Crippen molar-refractivity contribution >= 4 is 5.78 Å². The van der Waals surface area contributed by atoms with Crippen LogP contribution in [0, 0.1) is 0 Å². The summed E-state index contributed by atoms with van der Waals surface area (Å²) in [5.74, 6) is -0.343. The van der Waals surface area contributed by atoms with Crippen LogP contribution in [0.4, 0.5) is 0 Å². The third kappa shape index (κ3) is 3.25. The number of rotatable bonds is 5. The molecular formula is C15H15NO2. The van der Waals surface area contributed by atoms with Crippen molar-refractivity contribution in [2.24, 2.45) is 0 Å². The number of aliphatic hydroxyl groups is 1. The van der Waals surface area contributed by atoms with Crippen LogP contribution in [0.3, 0.4) is 0 Å². The monoisotopic (exact) mass is 241 g/mol. The van der Waals surface area contributed by atoms with E-state index in [1.807, 2.05) is 24.3 Å². The van der Waals surface area contributed by atoms with Crippen molar-refractivity contribution in [1.29, 1.82) is 0 Å². The number of ketones is 1. The van der Waals surface area contributed by atoms with Gasteiger partial charge in [-0.2, -0.15) is 0 Å². The van der Waals surface area contributed by atoms with Crippen LogP contribution in [0.5, 0.6) is 0 Å². The first-order valence-corrected chi connectivity index (χ1v) is 5.92. The molecule has 18 heavy (non-hydrogen) atoms. The van der Waals surface area contributed by atoms with Gasteiger partial charge in [-0.1, -0.05) is 36.4 Å². The zero-order valence-electron chi connectivity index (χ0n) is 10.0. The SMILES string of the molecule is O=C(CO)c1ccc(CCc2ccccc2)cn1. The summed E-state index contributed by atoms with van der Waals surface area (Å²) in [5.41, 5.74) is 2.70. The van der Waals surface area contributed by atoms with Gasteiger partial charge in [0, 0.05) is 6.20 Å². The van der Waals surface area contributed by atoms with Gasteiger partial charge in [-0.25, -0.2) is 0 Å². The van der Waals surface area contributed by atoms with Gasteiger partial charge in [-0.05, 0) is 30.0 Å². The first kappa shape index (κ1) is 12.5. The van der Waals surface area contributed by atoms with E-state index in [2.05, 4.69) is 17.1 Å². The maximum atomic E-state index is 11.2. The summed E-state index contributed by atoms with van der Waals surface area (Å²) in [6.45, 7) is -0.490. The largest absolute Gasteiger partial charge is 0.388 e. The van der Waals surface area contributed by atoms with E-state index in [4.69, 9.17) is 5.11 Å². The molecule has 0 bridgehead atoms. The molecule has 1 aromatic carbocycles. The second kappa shape index (κ2) is 6.07. The highest BCUT2D eigenvalue weighted by Gasteiger charge is 2.05. The van der Waals surface area contributed by atoms with Crippen LogP contribution in [0.2, 0.25) is 0 Å². The number of pyridine rings is 1. The summed E-state index contributed by atoms with van der Waals surface area (Å²) in [6, 6.07) is 13.8. The molecular weight excluding hydrogens is 226 g/mol. The Kier molecular flexibility index (Phi) is 4.20. The van der Waals surface area contributed by atoms with Gasteiger partial charge in [0.1, 0.15) is 12.3 Å². The molecule has 92 valence electrons. The molecule has 0 atom stereocenters. The van der Waals surface area contributed by atoms with Crippen molar-refractivity contribution in [2.45, 2.75) is 12.8 Å². The lowest BCUT2D eigenvalue weighted by atomic mass is 10.1. The Morgan fingerprint density at radius 2 is 1.72 bits per heavy atom. The Bertz CT molecular complexity index is 506. The molecule has 0 aliphatic heterocycles. The lowest BCUT2D eigenvalue weighted by Crippen LogP contribution is -2.06. The zero-order valence-corrected chi connectivity index (χ0v) is 10.0. The van der Waals surface area contributed by atoms with Crippen LogP contribution in [0.25, 0.3) is 0 Å². The predicted molar refractivity (Wildman–Crippen MR) is 69.5 cm³/mol. The molecule has 1 heterocycles. The highest BCUT2D eigenvalue weighted by molar-refractivity contribution is 5.94. The number of aliphatic hydroxyl groups excluding tert-OH is 1. The molecule has 0 aliphatic rings. The second-order valence-electron chi connectivity index (χ2n) is 4.12. The first-order chi connectivity index (χ1) is 8.79. The van der Waals surface area contributed by atoms with Crippen molar-refractivity contribution < 1.29 is 9.90 Å². The van der Waals surface area contributed by atoms with Crippen molar-refractivity contribution in [3.8, 4) is 0 Å². The Morgan fingerprint density at radius 3 is 2.33 bits per heavy atom. The van der Waals surface area contributed by atoms with Gasteiger partial charge in [-0.3, -0.25) is 9.78 Å². The fourth-order valence-corrected chi connectivity index (χ4v) is 1.75. The number of nitrogens with zero attached hydrogens (tertiary/aromatic N) is 1. The van der Waals surface area contributed by atoms with Crippen LogP contribution < -0.4 is 0 Å². The van der Waals surface area contributed by atoms with Gasteiger partial charge < -0.3 is 5.11 Å². The second-order valence-corrected chi connectivity index (χ2v) is 4.12. The molecule has 0 amide bonds. The van der Waals surface area contributed by atoms with Gasteiger partial charge >= 0.3 is 0 Å². The maximum absolute atomic E-state index is 11.2. The van der Waals surface area contributed by atoms with Crippen LogP contribution in [-0.4, -0.2) is 22.5 Å². The lowest BCUT2D eigenvalue weighted by molar-refractivity contribution is 0.0898. The average Bonchev–Trinajstić information content (AvgIpc) is 2.46. The van der Waals surface area contributed by atoms with Crippen LogP contribution >= 0.6 is 0 Å². The van der Waals surface area contributed by atoms with E-state index < -0.39 is 6.61 Å². The van der Waals surface area contributed by atoms with Crippen molar-refractivity contribution in [3.63, 3.8) is 0 Å². The van der Waals surface area contributed by atoms with Gasteiger partial charge in [-0.15, -0.1) is 0 Å². The smallest absolute Gasteiger partial charge is 0.206 e. The van der Waals surface area contributed by atoms with Gasteiger partial charge in [0.15, 0.2) is 0 Å². The minimum Gasteiger partial charge on any atom is -0.388 e. The molecule has 2 aromatic rings. The molecule has 3 heteroatoms. The Morgan fingerprint density at radius 1 is 1.00 bits per heavy atom. The summed E-state index contributed by atoms with van der Waals surface area (Å²) in [5, 5.41) is 8.72. The lowest BCUT2D eigenvalue weighted by Gasteiger charge is -2.02. The first-order valence-electron chi connectivity index (χ1n) is 5.92. The van der Waals surface area contributed by atoms with E-state index in [-0.39, 0.29) is 5.78 Å². The van der Waals surface area contributed by atoms with E-state index in [1.54, 1.807) is 12.3 Å². The summed E-state index contributed by atoms with van der Waals surface area (Å²) in [6.07, 6.45) is 3.55. The van der Waals surface area contributed by atoms with Crippen molar-refractivity contribution in [1.82, 2.24) is 4.98 Å². The van der Waals surface area contributed by atoms with E-state index in [1.165, 1.54) is 5.56 Å². The van der Waals surface area contributed by atoms with E-state index in [0.29, 0.717) is 5.69 Å². The number of benzene rings is 1. The number of aromatic nitrogens is 1. The molecule has 0 spiro atoms. The highest BCUT2D eigenvalue weighted by Crippen LogP contribution is 2.07. The number of carbonyl (C=O) groups is 1. The summed E-state index contributed by atoms with van der Waals surface area (Å²) in [4.78, 5) is 15.2. The molecule has 2 rings (SSSR count). The zero-order chi connectivity index (χ0) is 12.8. The maximum Gasteiger partial charge on any atom is 0.206 e. The molecule has 0 radical (unpaired) electrons. The van der Waals surface area contributed by atoms with E-state index in [9.17, 15) is 4.79 Å². The average molecular weight is 241 g/mol. The van der Waals surface area contributed by atoms with Gasteiger partial charge in [0.2, 0.25) is 5.78 Å². The quantitative estimate of drug-likeness (QED) is 0.815. The minimum absolute atomic E-state index is 0.320. The minimum atomic E-state index is -0.490. The van der Waals surface area contributed by atoms with Crippen LogP contribution in [0.1, 0.15) is 21.6 Å². The fraction of sp³-hybridized carbons (Fsp3) is 0.200. The Labute approximate surface area is 106 Å². The third-order valence-corrected chi connectivity index (χ3v) is 2.80. The molecule has 3 nitrogen and oxygen atoms in total. The number of aryl methyl sites for hydroxylation is 2. The third-order valence-electron chi connectivity index (χ3n) is 2.80. The fourth-order valence-electron chi connectivity index (χ4n) is 1.75. The molecule has 1 aromatic heterocycles. The highest BCUT2D eigenvalue weighted by atomic mass is 16.3. The summed E-state index contributed by atoms with van der Waals surface area (Å²) in [7, 11) is 0. The standard InChI is InChI=1S/C15H15NO2/c17-11-15(18)14-9-8-13(10-16-14)7-6-12-4-2-1-3-5-12/h1-5,8-10,17H,6-7,11H2. The Balaban J connectivity index is 1.97. The molecule has 0 saturated heterocycles. The number of hydrogen-bond acceptors (Lipinski definition) is 3. The molecule has 0 aliphatic carbocycles. The number of Topliss-reactive ketones (excluding diaryl/α,β-unsaturated/α-hetero) is 1. The Hall–Kier alpha value is -2.00. The van der Waals surface area contributed by atoms with Crippen LogP contribution in [0.15, 0.2) is 48.7 Å². The van der Waals surface area contributed by atoms with Gasteiger partial charge in [0.25, 0.3) is 0 Å². The predicted octanol–water partition coefficient (Wildman–Crippen LogP) is 2.04. The van der Waals surface area contributed by atoms with Crippen molar-refractivity contribution in [2.75, 3.05) is 6.61 Å². The number of hydrogen-bond donors (Lipinski definition) is 1. The molecule has 0 unspecified atom stereocenters. The topological polar surface area (TPSA) is 50.2 Å². The number of carbonyl (C=O) groups excluding carboxylic acids is 1. The molecule has 1 N–H and O–H groups in total. The van der Waals surface area contributed by atoms with Crippen molar-refractivity contribution in [3.05, 3.63) is 65.5 Å². The van der Waals surface area contributed by atoms with E-state index in [0.717, 1.165) is 18.4 Å². The molecule has 0 saturated carbocycles. The van der Waals surface area contributed by atoms with Crippen LogP contribution in [-0.2, 0) is 12.8 Å². The normalized spacial score (nSPS) is 10.3.